The second-order valence-corrected chi connectivity index (χ2v) is 6.81. The van der Waals surface area contributed by atoms with Gasteiger partial charge >= 0.3 is 0 Å². The summed E-state index contributed by atoms with van der Waals surface area (Å²) in [5, 5.41) is 18.1. The van der Waals surface area contributed by atoms with Gasteiger partial charge in [-0.3, -0.25) is 14.9 Å². The van der Waals surface area contributed by atoms with Crippen LogP contribution < -0.4 is 10.9 Å². The molecular formula is C17H19ClN4O3. The first-order chi connectivity index (χ1) is 12.0. The van der Waals surface area contributed by atoms with Crippen LogP contribution in [0.25, 0.3) is 5.69 Å². The van der Waals surface area contributed by atoms with Crippen molar-refractivity contribution in [2.45, 2.75) is 38.6 Å². The van der Waals surface area contributed by atoms with E-state index in [4.69, 9.17) is 11.6 Å². The molecule has 1 atom stereocenters. The van der Waals surface area contributed by atoms with Crippen molar-refractivity contribution < 1.29 is 4.92 Å². The van der Waals surface area contributed by atoms with Gasteiger partial charge in [0.2, 0.25) is 0 Å². The highest BCUT2D eigenvalue weighted by Crippen LogP contribution is 2.34. The Bertz CT molecular complexity index is 831. The fraction of sp³-hybridized carbons (Fsp3) is 0.412. The molecule has 0 amide bonds. The summed E-state index contributed by atoms with van der Waals surface area (Å²) in [6, 6.07) is 5.78. The standard InChI is InChI=1S/C17H19ClN4O3/c1-11(2-3-12-4-5-12)20-15-10-19-21(17(23)16(15)18)13-6-8-14(9-7-13)22(24)25/h6-12,20H,2-5H2,1H3. The first kappa shape index (κ1) is 17.4. The Morgan fingerprint density at radius 2 is 2.08 bits per heavy atom. The van der Waals surface area contributed by atoms with Gasteiger partial charge in [0, 0.05) is 18.2 Å². The van der Waals surface area contributed by atoms with Crippen LogP contribution in [-0.4, -0.2) is 20.7 Å². The van der Waals surface area contributed by atoms with E-state index in [1.54, 1.807) is 0 Å². The van der Waals surface area contributed by atoms with Crippen LogP contribution in [0.1, 0.15) is 32.6 Å². The van der Waals surface area contributed by atoms with Gasteiger partial charge in [0.15, 0.2) is 0 Å². The lowest BCUT2D eigenvalue weighted by atomic mass is 10.1. The number of anilines is 1. The highest BCUT2D eigenvalue weighted by atomic mass is 35.5. The number of hydrogen-bond acceptors (Lipinski definition) is 5. The van der Waals surface area contributed by atoms with Crippen molar-refractivity contribution in [2.75, 3.05) is 5.32 Å². The van der Waals surface area contributed by atoms with Crippen LogP contribution in [0.4, 0.5) is 11.4 Å². The average molecular weight is 363 g/mol. The molecule has 1 aliphatic carbocycles. The highest BCUT2D eigenvalue weighted by Gasteiger charge is 2.22. The predicted octanol–water partition coefficient (Wildman–Crippen LogP) is 3.78. The number of nitrogens with zero attached hydrogens (tertiary/aromatic N) is 3. The second-order valence-electron chi connectivity index (χ2n) is 6.43. The largest absolute Gasteiger partial charge is 0.380 e. The molecule has 0 spiro atoms. The van der Waals surface area contributed by atoms with Crippen LogP contribution in [0, 0.1) is 16.0 Å². The molecule has 0 saturated heterocycles. The summed E-state index contributed by atoms with van der Waals surface area (Å²) in [6.45, 7) is 2.06. The third-order valence-corrected chi connectivity index (χ3v) is 4.70. The van der Waals surface area contributed by atoms with Gasteiger partial charge < -0.3 is 5.32 Å². The lowest BCUT2D eigenvalue weighted by Gasteiger charge is -2.16. The molecule has 1 heterocycles. The summed E-state index contributed by atoms with van der Waals surface area (Å²) in [5.74, 6) is 0.855. The van der Waals surface area contributed by atoms with Gasteiger partial charge in [0.05, 0.1) is 22.5 Å². The molecule has 7 nitrogen and oxygen atoms in total. The molecule has 1 aromatic heterocycles. The number of nitrogens with one attached hydrogen (secondary N) is 1. The van der Waals surface area contributed by atoms with Gasteiger partial charge in [-0.15, -0.1) is 0 Å². The molecule has 1 unspecified atom stereocenters. The number of rotatable bonds is 7. The van der Waals surface area contributed by atoms with Crippen molar-refractivity contribution >= 4 is 23.0 Å². The van der Waals surface area contributed by atoms with E-state index in [2.05, 4.69) is 17.3 Å². The summed E-state index contributed by atoms with van der Waals surface area (Å²) < 4.78 is 1.13. The topological polar surface area (TPSA) is 90.1 Å². The van der Waals surface area contributed by atoms with E-state index in [1.807, 2.05) is 0 Å². The van der Waals surface area contributed by atoms with Crippen molar-refractivity contribution in [1.82, 2.24) is 9.78 Å². The maximum absolute atomic E-state index is 12.5. The van der Waals surface area contributed by atoms with Crippen LogP contribution >= 0.6 is 11.6 Å². The van der Waals surface area contributed by atoms with Crippen molar-refractivity contribution in [2.24, 2.45) is 5.92 Å². The lowest BCUT2D eigenvalue weighted by molar-refractivity contribution is -0.384. The molecule has 2 aromatic rings. The van der Waals surface area contributed by atoms with Crippen molar-refractivity contribution in [1.29, 1.82) is 0 Å². The minimum atomic E-state index is -0.497. The summed E-state index contributed by atoms with van der Waals surface area (Å²) >= 11 is 6.21. The summed E-state index contributed by atoms with van der Waals surface area (Å²) in [4.78, 5) is 22.7. The Morgan fingerprint density at radius 3 is 2.68 bits per heavy atom. The van der Waals surface area contributed by atoms with E-state index in [-0.39, 0.29) is 16.8 Å². The van der Waals surface area contributed by atoms with Crippen LogP contribution in [0.15, 0.2) is 35.3 Å². The maximum atomic E-state index is 12.5. The third-order valence-electron chi connectivity index (χ3n) is 4.33. The summed E-state index contributed by atoms with van der Waals surface area (Å²) in [7, 11) is 0. The molecule has 1 aromatic carbocycles. The number of nitro benzene ring substituents is 1. The number of nitro groups is 1. The van der Waals surface area contributed by atoms with E-state index in [0.717, 1.165) is 17.0 Å². The molecule has 3 rings (SSSR count). The Morgan fingerprint density at radius 1 is 1.40 bits per heavy atom. The minimum absolute atomic E-state index is 0.0503. The number of aromatic nitrogens is 2. The van der Waals surface area contributed by atoms with Gasteiger partial charge in [0.1, 0.15) is 5.02 Å². The van der Waals surface area contributed by atoms with E-state index in [0.29, 0.717) is 11.4 Å². The Kier molecular flexibility index (Phi) is 5.03. The average Bonchev–Trinajstić information content (AvgIpc) is 3.42. The molecule has 132 valence electrons. The smallest absolute Gasteiger partial charge is 0.292 e. The fourth-order valence-corrected chi connectivity index (χ4v) is 2.85. The zero-order valence-electron chi connectivity index (χ0n) is 13.8. The zero-order chi connectivity index (χ0) is 18.0. The van der Waals surface area contributed by atoms with E-state index in [9.17, 15) is 14.9 Å². The first-order valence-electron chi connectivity index (χ1n) is 8.25. The SMILES string of the molecule is CC(CCC1CC1)Nc1cnn(-c2ccc([N+](=O)[O-])cc2)c(=O)c1Cl. The van der Waals surface area contributed by atoms with Crippen LogP contribution in [-0.2, 0) is 0 Å². The molecule has 1 fully saturated rings. The zero-order valence-corrected chi connectivity index (χ0v) is 14.6. The monoisotopic (exact) mass is 362 g/mol. The van der Waals surface area contributed by atoms with Gasteiger partial charge in [-0.05, 0) is 37.8 Å². The molecule has 0 aliphatic heterocycles. The first-order valence-corrected chi connectivity index (χ1v) is 8.62. The molecule has 0 bridgehead atoms. The number of halogens is 1. The normalized spacial score (nSPS) is 15.0. The molecule has 0 radical (unpaired) electrons. The lowest BCUT2D eigenvalue weighted by Crippen LogP contribution is -2.24. The quantitative estimate of drug-likeness (QED) is 0.597. The molecule has 8 heteroatoms. The number of benzene rings is 1. The van der Waals surface area contributed by atoms with Crippen LogP contribution in [0.5, 0.6) is 0 Å². The van der Waals surface area contributed by atoms with Gasteiger partial charge in [-0.25, -0.2) is 0 Å². The Hall–Kier alpha value is -2.41. The van der Waals surface area contributed by atoms with Crippen molar-refractivity contribution in [3.05, 3.63) is 56.0 Å². The van der Waals surface area contributed by atoms with Crippen LogP contribution in [0.2, 0.25) is 5.02 Å². The molecule has 1 N–H and O–H groups in total. The maximum Gasteiger partial charge on any atom is 0.292 e. The Balaban J connectivity index is 1.77. The van der Waals surface area contributed by atoms with Gasteiger partial charge in [-0.1, -0.05) is 24.4 Å². The molecular weight excluding hydrogens is 344 g/mol. The minimum Gasteiger partial charge on any atom is -0.380 e. The Labute approximate surface area is 149 Å². The molecule has 1 saturated carbocycles. The summed E-state index contributed by atoms with van der Waals surface area (Å²) in [5.41, 5.74) is 0.416. The summed E-state index contributed by atoms with van der Waals surface area (Å²) in [6.07, 6.45) is 6.35. The second kappa shape index (κ2) is 7.23. The number of non-ortho nitro benzene ring substituents is 1. The van der Waals surface area contributed by atoms with Crippen molar-refractivity contribution in [3.8, 4) is 5.69 Å². The highest BCUT2D eigenvalue weighted by molar-refractivity contribution is 6.32. The van der Waals surface area contributed by atoms with Crippen LogP contribution in [0.3, 0.4) is 0 Å². The van der Waals surface area contributed by atoms with E-state index in [1.165, 1.54) is 49.7 Å². The van der Waals surface area contributed by atoms with E-state index < -0.39 is 10.5 Å². The fourth-order valence-electron chi connectivity index (χ4n) is 2.66. The predicted molar refractivity (Wildman–Crippen MR) is 96.5 cm³/mol. The van der Waals surface area contributed by atoms with Crippen molar-refractivity contribution in [3.63, 3.8) is 0 Å². The number of hydrogen-bond donors (Lipinski definition) is 1. The molecule has 1 aliphatic rings. The van der Waals surface area contributed by atoms with E-state index >= 15 is 0 Å². The molecule has 25 heavy (non-hydrogen) atoms. The van der Waals surface area contributed by atoms with Gasteiger partial charge in [-0.2, -0.15) is 9.78 Å². The third kappa shape index (κ3) is 4.17. The van der Waals surface area contributed by atoms with Gasteiger partial charge in [0.25, 0.3) is 11.2 Å².